The molecule has 2 heterocycles. The third kappa shape index (κ3) is 1.01. The van der Waals surface area contributed by atoms with Gasteiger partial charge in [0.25, 0.3) is 0 Å². The summed E-state index contributed by atoms with van der Waals surface area (Å²) in [7, 11) is 0. The van der Waals surface area contributed by atoms with Crippen LogP contribution in [0.3, 0.4) is 0 Å². The van der Waals surface area contributed by atoms with Crippen LogP contribution in [0.2, 0.25) is 0 Å². The number of rotatable bonds is 0. The summed E-state index contributed by atoms with van der Waals surface area (Å²) in [5.74, 6) is 0.179. The van der Waals surface area contributed by atoms with Gasteiger partial charge in [0.05, 0.1) is 4.70 Å². The average molecular weight is 245 g/mol. The second-order valence-electron chi connectivity index (χ2n) is 2.44. The number of fused-ring (bicyclic) bond motifs is 1. The molecule has 1 N–H and O–H groups in total. The van der Waals surface area contributed by atoms with Crippen LogP contribution in [0.15, 0.2) is 9.98 Å². The monoisotopic (exact) mass is 244 g/mol. The lowest BCUT2D eigenvalue weighted by molar-refractivity contribution is 0.474. The Labute approximate surface area is 81.2 Å². The highest BCUT2D eigenvalue weighted by Crippen LogP contribution is 2.34. The molecule has 12 heavy (non-hydrogen) atoms. The molecule has 62 valence electrons. The fourth-order valence-corrected chi connectivity index (χ4v) is 2.30. The van der Waals surface area contributed by atoms with Crippen molar-refractivity contribution >= 4 is 37.5 Å². The van der Waals surface area contributed by atoms with E-state index in [0.29, 0.717) is 4.60 Å². The highest BCUT2D eigenvalue weighted by atomic mass is 79.9. The largest absolute Gasteiger partial charge is 0.504 e. The number of nitrogens with zero attached hydrogens (tertiary/aromatic N) is 2. The zero-order valence-electron chi connectivity index (χ0n) is 6.21. The predicted molar refractivity (Wildman–Crippen MR) is 51.5 cm³/mol. The Morgan fingerprint density at radius 1 is 1.50 bits per heavy atom. The molecule has 0 spiro atoms. The number of aromatic nitrogens is 2. The number of aromatic hydroxyl groups is 1. The van der Waals surface area contributed by atoms with Gasteiger partial charge in [-0.1, -0.05) is 0 Å². The van der Waals surface area contributed by atoms with E-state index >= 15 is 0 Å². The van der Waals surface area contributed by atoms with Gasteiger partial charge in [0, 0.05) is 0 Å². The Kier molecular flexibility index (Phi) is 1.77. The second-order valence-corrected chi connectivity index (χ2v) is 4.07. The average Bonchev–Trinajstić information content (AvgIpc) is 2.41. The zero-order chi connectivity index (χ0) is 8.72. The molecule has 2 aromatic heterocycles. The summed E-state index contributed by atoms with van der Waals surface area (Å²) < 4.78 is 1.19. The normalized spacial score (nSPS) is 10.8. The van der Waals surface area contributed by atoms with Gasteiger partial charge in [0.1, 0.15) is 5.52 Å². The molecule has 5 heteroatoms. The van der Waals surface area contributed by atoms with Crippen LogP contribution in [0, 0.1) is 6.92 Å². The predicted octanol–water partition coefficient (Wildman–Crippen LogP) is 2.47. The van der Waals surface area contributed by atoms with Gasteiger partial charge in [-0.2, -0.15) is 0 Å². The fraction of sp³-hybridized carbons (Fsp3) is 0.143. The molecule has 2 rings (SSSR count). The lowest BCUT2D eigenvalue weighted by Gasteiger charge is -1.95. The summed E-state index contributed by atoms with van der Waals surface area (Å²) in [4.78, 5) is 0. The number of hydrogen-bond acceptors (Lipinski definition) is 4. The number of halogens is 1. The third-order valence-electron chi connectivity index (χ3n) is 1.59. The van der Waals surface area contributed by atoms with Crippen molar-refractivity contribution in [3.05, 3.63) is 15.5 Å². The van der Waals surface area contributed by atoms with Crippen molar-refractivity contribution in [2.75, 3.05) is 0 Å². The summed E-state index contributed by atoms with van der Waals surface area (Å²) >= 11 is 4.58. The maximum atomic E-state index is 9.53. The van der Waals surface area contributed by atoms with E-state index in [-0.39, 0.29) is 5.75 Å². The minimum Gasteiger partial charge on any atom is -0.504 e. The first kappa shape index (κ1) is 7.94. The number of hydrogen-bond donors (Lipinski definition) is 1. The molecule has 0 bridgehead atoms. The molecule has 0 fully saturated rings. The summed E-state index contributed by atoms with van der Waals surface area (Å²) in [5.41, 5.74) is 1.83. The van der Waals surface area contributed by atoms with Gasteiger partial charge >= 0.3 is 0 Å². The number of thiophene rings is 1. The minimum atomic E-state index is 0.179. The van der Waals surface area contributed by atoms with Crippen molar-refractivity contribution in [2.45, 2.75) is 6.92 Å². The van der Waals surface area contributed by atoms with Crippen LogP contribution in [0.4, 0.5) is 0 Å². The van der Waals surface area contributed by atoms with E-state index in [1.54, 1.807) is 0 Å². The van der Waals surface area contributed by atoms with Gasteiger partial charge in [-0.3, -0.25) is 0 Å². The van der Waals surface area contributed by atoms with E-state index in [9.17, 15) is 5.11 Å². The molecule has 0 aliphatic rings. The molecule has 0 saturated heterocycles. The minimum absolute atomic E-state index is 0.179. The highest BCUT2D eigenvalue weighted by Gasteiger charge is 2.10. The molecule has 0 unspecified atom stereocenters. The van der Waals surface area contributed by atoms with Gasteiger partial charge in [-0.15, -0.1) is 21.5 Å². The van der Waals surface area contributed by atoms with Crippen LogP contribution in [0.5, 0.6) is 5.75 Å². The Morgan fingerprint density at radius 3 is 3.00 bits per heavy atom. The quantitative estimate of drug-likeness (QED) is 0.775. The van der Waals surface area contributed by atoms with Gasteiger partial charge < -0.3 is 5.11 Å². The Balaban J connectivity index is 2.93. The van der Waals surface area contributed by atoms with Crippen LogP contribution in [-0.2, 0) is 0 Å². The molecule has 0 radical (unpaired) electrons. The van der Waals surface area contributed by atoms with Crippen LogP contribution in [-0.4, -0.2) is 15.3 Å². The lowest BCUT2D eigenvalue weighted by atomic mass is 10.3. The third-order valence-corrected chi connectivity index (χ3v) is 3.22. The highest BCUT2D eigenvalue weighted by molar-refractivity contribution is 9.10. The SMILES string of the molecule is Cc1csc2c(O)c(Br)nnc12. The van der Waals surface area contributed by atoms with E-state index in [2.05, 4.69) is 26.1 Å². The Hall–Kier alpha value is -0.680. The molecule has 0 amide bonds. The van der Waals surface area contributed by atoms with Crippen molar-refractivity contribution < 1.29 is 5.11 Å². The lowest BCUT2D eigenvalue weighted by Crippen LogP contribution is -1.83. The molecule has 2 aromatic rings. The van der Waals surface area contributed by atoms with E-state index in [4.69, 9.17) is 0 Å². The van der Waals surface area contributed by atoms with Crippen LogP contribution < -0.4 is 0 Å². The first-order valence-electron chi connectivity index (χ1n) is 3.29. The van der Waals surface area contributed by atoms with Crippen molar-refractivity contribution in [3.63, 3.8) is 0 Å². The van der Waals surface area contributed by atoms with Crippen molar-refractivity contribution in [3.8, 4) is 5.75 Å². The summed E-state index contributed by atoms with van der Waals surface area (Å²) in [5, 5.41) is 19.2. The first-order valence-corrected chi connectivity index (χ1v) is 4.96. The fourth-order valence-electron chi connectivity index (χ4n) is 0.965. The second kappa shape index (κ2) is 2.67. The molecule has 0 atom stereocenters. The Bertz CT molecular complexity index is 440. The molecule has 0 saturated carbocycles. The molecular formula is C7H5BrN2OS. The summed E-state index contributed by atoms with van der Waals surface area (Å²) in [6.45, 7) is 1.95. The van der Waals surface area contributed by atoms with Crippen LogP contribution >= 0.6 is 27.3 Å². The zero-order valence-corrected chi connectivity index (χ0v) is 8.61. The van der Waals surface area contributed by atoms with E-state index < -0.39 is 0 Å². The van der Waals surface area contributed by atoms with E-state index in [1.165, 1.54) is 11.3 Å². The van der Waals surface area contributed by atoms with Gasteiger partial charge in [0.2, 0.25) is 0 Å². The summed E-state index contributed by atoms with van der Waals surface area (Å²) in [6, 6.07) is 0. The molecule has 0 aliphatic heterocycles. The van der Waals surface area contributed by atoms with Crippen LogP contribution in [0.25, 0.3) is 10.2 Å². The smallest absolute Gasteiger partial charge is 0.171 e. The van der Waals surface area contributed by atoms with E-state index in [1.807, 2.05) is 12.3 Å². The van der Waals surface area contributed by atoms with Gasteiger partial charge in [-0.25, -0.2) is 0 Å². The molecule has 0 aromatic carbocycles. The van der Waals surface area contributed by atoms with Crippen LogP contribution in [0.1, 0.15) is 5.56 Å². The standard InChI is InChI=1S/C7H5BrN2OS/c1-3-2-12-6-4(3)9-10-7(8)5(6)11/h2H,1H3,(H,9,11). The van der Waals surface area contributed by atoms with E-state index in [0.717, 1.165) is 15.8 Å². The molecular weight excluding hydrogens is 240 g/mol. The topological polar surface area (TPSA) is 46.0 Å². The molecule has 0 aliphatic carbocycles. The maximum Gasteiger partial charge on any atom is 0.171 e. The molecule has 3 nitrogen and oxygen atoms in total. The van der Waals surface area contributed by atoms with Crippen molar-refractivity contribution in [1.29, 1.82) is 0 Å². The first-order chi connectivity index (χ1) is 5.70. The maximum absolute atomic E-state index is 9.53. The van der Waals surface area contributed by atoms with Gasteiger partial charge in [-0.05, 0) is 33.8 Å². The Morgan fingerprint density at radius 2 is 2.25 bits per heavy atom. The number of aryl methyl sites for hydroxylation is 1. The van der Waals surface area contributed by atoms with Crippen molar-refractivity contribution in [2.24, 2.45) is 0 Å². The van der Waals surface area contributed by atoms with Gasteiger partial charge in [0.15, 0.2) is 10.4 Å². The summed E-state index contributed by atoms with van der Waals surface area (Å²) in [6.07, 6.45) is 0. The van der Waals surface area contributed by atoms with Crippen molar-refractivity contribution in [1.82, 2.24) is 10.2 Å².